The number of hydrogen-bond donors (Lipinski definition) is 2. The number of rotatable bonds is 10. The van der Waals surface area contributed by atoms with Crippen molar-refractivity contribution >= 4 is 5.96 Å². The molecule has 0 radical (unpaired) electrons. The van der Waals surface area contributed by atoms with Crippen molar-refractivity contribution in [1.82, 2.24) is 20.2 Å². The van der Waals surface area contributed by atoms with E-state index in [1.165, 1.54) is 16.7 Å². The molecule has 0 spiro atoms. The van der Waals surface area contributed by atoms with Crippen LogP contribution in [0.25, 0.3) is 0 Å². The number of guanidine groups is 1. The van der Waals surface area contributed by atoms with E-state index in [4.69, 9.17) is 9.73 Å². The molecule has 0 aliphatic rings. The van der Waals surface area contributed by atoms with Gasteiger partial charge in [0, 0.05) is 32.0 Å². The van der Waals surface area contributed by atoms with Crippen molar-refractivity contribution in [2.75, 3.05) is 20.2 Å². The van der Waals surface area contributed by atoms with E-state index in [-0.39, 0.29) is 0 Å². The number of nitrogens with zero attached hydrogens (tertiary/aromatic N) is 3. The lowest BCUT2D eigenvalue weighted by Gasteiger charge is -2.15. The summed E-state index contributed by atoms with van der Waals surface area (Å²) < 4.78 is 7.31. The first-order chi connectivity index (χ1) is 15.2. The lowest BCUT2D eigenvalue weighted by atomic mass is 9.98. The first kappa shape index (κ1) is 22.4. The van der Waals surface area contributed by atoms with Gasteiger partial charge in [-0.15, -0.1) is 0 Å². The molecule has 0 bridgehead atoms. The summed E-state index contributed by atoms with van der Waals surface area (Å²) in [5, 5.41) is 6.81. The number of aromatic nitrogens is 2. The fourth-order valence-electron chi connectivity index (χ4n) is 3.44. The number of nitrogens with one attached hydrogen (secondary N) is 2. The molecule has 31 heavy (non-hydrogen) atoms. The minimum atomic E-state index is 0.459. The molecule has 2 aromatic carbocycles. The summed E-state index contributed by atoms with van der Waals surface area (Å²) >= 11 is 0. The second-order valence-electron chi connectivity index (χ2n) is 7.64. The normalized spacial score (nSPS) is 12.4. The number of benzene rings is 2. The zero-order valence-electron chi connectivity index (χ0n) is 18.7. The minimum Gasteiger partial charge on any atom is -0.497 e. The second-order valence-corrected chi connectivity index (χ2v) is 7.64. The van der Waals surface area contributed by atoms with E-state index in [1.807, 2.05) is 24.7 Å². The number of hydrogen-bond acceptors (Lipinski definition) is 3. The number of ether oxygens (including phenoxy) is 1. The fraction of sp³-hybridized carbons (Fsp3) is 0.360. The zero-order valence-corrected chi connectivity index (χ0v) is 18.7. The van der Waals surface area contributed by atoms with Crippen LogP contribution < -0.4 is 15.4 Å². The van der Waals surface area contributed by atoms with Crippen LogP contribution in [0.1, 0.15) is 42.9 Å². The molecule has 0 aliphatic heterocycles. The van der Waals surface area contributed by atoms with Gasteiger partial charge in [0.2, 0.25) is 0 Å². The highest BCUT2D eigenvalue weighted by Gasteiger charge is 2.06. The third kappa shape index (κ3) is 7.17. The van der Waals surface area contributed by atoms with Gasteiger partial charge in [-0.05, 0) is 48.1 Å². The van der Waals surface area contributed by atoms with Crippen LogP contribution in [0.15, 0.2) is 72.2 Å². The third-order valence-electron chi connectivity index (χ3n) is 5.23. The molecule has 6 heteroatoms. The van der Waals surface area contributed by atoms with Crippen molar-refractivity contribution < 1.29 is 4.74 Å². The van der Waals surface area contributed by atoms with Gasteiger partial charge in [-0.1, -0.05) is 43.3 Å². The second kappa shape index (κ2) is 11.8. The Balaban J connectivity index is 1.52. The maximum atomic E-state index is 5.24. The summed E-state index contributed by atoms with van der Waals surface area (Å²) in [4.78, 5) is 8.88. The predicted molar refractivity (Wildman–Crippen MR) is 127 cm³/mol. The monoisotopic (exact) mass is 419 g/mol. The largest absolute Gasteiger partial charge is 0.497 e. The van der Waals surface area contributed by atoms with Crippen LogP contribution >= 0.6 is 0 Å². The zero-order chi connectivity index (χ0) is 21.9. The predicted octanol–water partition coefficient (Wildman–Crippen LogP) is 4.19. The van der Waals surface area contributed by atoms with Crippen molar-refractivity contribution in [1.29, 1.82) is 0 Å². The Hall–Kier alpha value is -3.28. The highest BCUT2D eigenvalue weighted by Crippen LogP contribution is 2.21. The molecule has 1 heterocycles. The third-order valence-corrected chi connectivity index (χ3v) is 5.23. The van der Waals surface area contributed by atoms with Gasteiger partial charge in [-0.2, -0.15) is 0 Å². The summed E-state index contributed by atoms with van der Waals surface area (Å²) in [7, 11) is 1.69. The van der Waals surface area contributed by atoms with Gasteiger partial charge in [-0.3, -0.25) is 0 Å². The number of aliphatic imine (C=N–C) groups is 1. The Morgan fingerprint density at radius 3 is 2.65 bits per heavy atom. The number of methoxy groups -OCH3 is 1. The van der Waals surface area contributed by atoms with Crippen LogP contribution in [-0.2, 0) is 13.1 Å². The fourth-order valence-corrected chi connectivity index (χ4v) is 3.44. The first-order valence-electron chi connectivity index (χ1n) is 10.9. The van der Waals surface area contributed by atoms with Crippen LogP contribution in [-0.4, -0.2) is 35.7 Å². The van der Waals surface area contributed by atoms with Crippen molar-refractivity contribution in [2.24, 2.45) is 4.99 Å². The van der Waals surface area contributed by atoms with Crippen LogP contribution in [0.3, 0.4) is 0 Å². The van der Waals surface area contributed by atoms with Crippen LogP contribution in [0.5, 0.6) is 5.75 Å². The lowest BCUT2D eigenvalue weighted by molar-refractivity contribution is 0.414. The van der Waals surface area contributed by atoms with Gasteiger partial charge in [0.15, 0.2) is 5.96 Å². The topological polar surface area (TPSA) is 63.5 Å². The highest BCUT2D eigenvalue weighted by molar-refractivity contribution is 5.79. The summed E-state index contributed by atoms with van der Waals surface area (Å²) in [6, 6.07) is 16.9. The molecule has 1 unspecified atom stereocenters. The average molecular weight is 420 g/mol. The Morgan fingerprint density at radius 1 is 1.13 bits per heavy atom. The van der Waals surface area contributed by atoms with Crippen LogP contribution in [0, 0.1) is 0 Å². The highest BCUT2D eigenvalue weighted by atomic mass is 16.5. The maximum Gasteiger partial charge on any atom is 0.191 e. The van der Waals surface area contributed by atoms with Crippen molar-refractivity contribution in [3.63, 3.8) is 0 Å². The Labute approximate surface area is 185 Å². The molecule has 0 saturated heterocycles. The molecule has 3 rings (SSSR count). The minimum absolute atomic E-state index is 0.459. The Morgan fingerprint density at radius 2 is 1.94 bits per heavy atom. The van der Waals surface area contributed by atoms with Gasteiger partial charge >= 0.3 is 0 Å². The van der Waals surface area contributed by atoms with E-state index in [2.05, 4.69) is 70.4 Å². The first-order valence-corrected chi connectivity index (χ1v) is 10.9. The van der Waals surface area contributed by atoms with Crippen molar-refractivity contribution in [2.45, 2.75) is 39.3 Å². The van der Waals surface area contributed by atoms with Gasteiger partial charge < -0.3 is 19.9 Å². The van der Waals surface area contributed by atoms with Crippen molar-refractivity contribution in [3.05, 3.63) is 83.9 Å². The van der Waals surface area contributed by atoms with E-state index in [1.54, 1.807) is 13.3 Å². The van der Waals surface area contributed by atoms with E-state index in [0.29, 0.717) is 12.5 Å². The smallest absolute Gasteiger partial charge is 0.191 e. The maximum absolute atomic E-state index is 5.24. The Bertz CT molecular complexity index is 935. The van der Waals surface area contributed by atoms with Gasteiger partial charge in [0.05, 0.1) is 20.0 Å². The Kier molecular flexibility index (Phi) is 8.52. The molecule has 0 saturated carbocycles. The average Bonchev–Trinajstić information content (AvgIpc) is 3.30. The van der Waals surface area contributed by atoms with Gasteiger partial charge in [0.25, 0.3) is 0 Å². The molecule has 1 atom stereocenters. The molecule has 164 valence electrons. The van der Waals surface area contributed by atoms with E-state index >= 15 is 0 Å². The molecule has 2 N–H and O–H groups in total. The molecule has 0 aliphatic carbocycles. The van der Waals surface area contributed by atoms with Crippen molar-refractivity contribution in [3.8, 4) is 5.75 Å². The molecule has 0 amide bonds. The van der Waals surface area contributed by atoms with Crippen LogP contribution in [0.2, 0.25) is 0 Å². The van der Waals surface area contributed by atoms with E-state index < -0.39 is 0 Å². The molecule has 1 aromatic heterocycles. The molecular formula is C25H33N5O. The summed E-state index contributed by atoms with van der Waals surface area (Å²) in [5.74, 6) is 2.20. The molecule has 0 fully saturated rings. The van der Waals surface area contributed by atoms with Crippen LogP contribution in [0.4, 0.5) is 0 Å². The summed E-state index contributed by atoms with van der Waals surface area (Å²) in [6.45, 7) is 7.49. The summed E-state index contributed by atoms with van der Waals surface area (Å²) in [5.41, 5.74) is 3.76. The quantitative estimate of drug-likeness (QED) is 0.382. The standard InChI is InChI=1S/C25H33N5O/c1-4-27-25(28-13-12-20(2)23-8-10-24(31-3)11-9-23)29-17-21-6-5-7-22(16-21)18-30-15-14-26-19-30/h5-11,14-16,19-20H,4,12-13,17-18H2,1-3H3,(H2,27,28,29). The number of imidazole rings is 1. The lowest BCUT2D eigenvalue weighted by Crippen LogP contribution is -2.38. The van der Waals surface area contributed by atoms with Gasteiger partial charge in [0.1, 0.15) is 5.75 Å². The molecular weight excluding hydrogens is 386 g/mol. The van der Waals surface area contributed by atoms with Gasteiger partial charge in [-0.25, -0.2) is 9.98 Å². The molecule has 6 nitrogen and oxygen atoms in total. The van der Waals surface area contributed by atoms with E-state index in [9.17, 15) is 0 Å². The summed E-state index contributed by atoms with van der Waals surface area (Å²) in [6.07, 6.45) is 6.64. The molecule has 3 aromatic rings. The van der Waals surface area contributed by atoms with E-state index in [0.717, 1.165) is 37.8 Å². The SMILES string of the molecule is CCNC(=NCc1cccc(Cn2ccnc2)c1)NCCC(C)c1ccc(OC)cc1.